The van der Waals surface area contributed by atoms with Gasteiger partial charge in [0.25, 0.3) is 5.91 Å². The van der Waals surface area contributed by atoms with E-state index >= 15 is 0 Å². The Morgan fingerprint density at radius 1 is 1.18 bits per heavy atom. The highest BCUT2D eigenvalue weighted by molar-refractivity contribution is 6.43. The van der Waals surface area contributed by atoms with Gasteiger partial charge in [0.05, 0.1) is 21.6 Å². The van der Waals surface area contributed by atoms with Crippen LogP contribution in [0.15, 0.2) is 12.1 Å². The number of ether oxygens (including phenoxy) is 1. The number of halogens is 3. The molecule has 0 atom stereocenters. The molecule has 0 spiro atoms. The average molecular weight is 368 g/mol. The van der Waals surface area contributed by atoms with Crippen molar-refractivity contribution >= 4 is 46.6 Å². The summed E-state index contributed by atoms with van der Waals surface area (Å²) in [5.41, 5.74) is 0. The van der Waals surface area contributed by atoms with Crippen molar-refractivity contribution in [1.82, 2.24) is 10.2 Å². The zero-order valence-electron chi connectivity index (χ0n) is 12.3. The zero-order chi connectivity index (χ0) is 16.7. The molecule has 0 aliphatic carbocycles. The summed E-state index contributed by atoms with van der Waals surface area (Å²) in [5, 5.41) is 3.32. The lowest BCUT2D eigenvalue weighted by atomic mass is 10.3. The minimum absolute atomic E-state index is 0.0123. The van der Waals surface area contributed by atoms with Crippen LogP contribution in [-0.4, -0.2) is 43.5 Å². The maximum atomic E-state index is 12.1. The van der Waals surface area contributed by atoms with Gasteiger partial charge < -0.3 is 15.0 Å². The van der Waals surface area contributed by atoms with Gasteiger partial charge in [0.2, 0.25) is 5.91 Å². The molecular weight excluding hydrogens is 351 g/mol. The van der Waals surface area contributed by atoms with E-state index in [0.29, 0.717) is 11.6 Å². The fraction of sp³-hybridized carbons (Fsp3) is 0.429. The Balaban J connectivity index is 2.70. The first kappa shape index (κ1) is 18.9. The second-order valence-corrected chi connectivity index (χ2v) is 5.70. The van der Waals surface area contributed by atoms with Crippen LogP contribution in [0, 0.1) is 0 Å². The Morgan fingerprint density at radius 2 is 1.82 bits per heavy atom. The van der Waals surface area contributed by atoms with Crippen molar-refractivity contribution in [3.05, 3.63) is 27.2 Å². The van der Waals surface area contributed by atoms with Crippen LogP contribution in [-0.2, 0) is 9.59 Å². The van der Waals surface area contributed by atoms with E-state index in [1.165, 1.54) is 24.1 Å². The standard InChI is InChI=1S/C14H17Cl3N2O3/c1-3-4-19(7-13(20)18-2)14(21)8-22-12-6-10(16)9(15)5-11(12)17/h5-6H,3-4,7-8H2,1-2H3,(H,18,20). The molecular formula is C14H17Cl3N2O3. The van der Waals surface area contributed by atoms with E-state index in [9.17, 15) is 9.59 Å². The molecule has 1 aromatic carbocycles. The number of rotatable bonds is 7. The molecule has 0 saturated heterocycles. The number of likely N-dealkylation sites (N-methyl/N-ethyl adjacent to an activating group) is 1. The van der Waals surface area contributed by atoms with Gasteiger partial charge in [0.1, 0.15) is 5.75 Å². The molecule has 5 nitrogen and oxygen atoms in total. The molecule has 0 aliphatic rings. The van der Waals surface area contributed by atoms with E-state index in [1.807, 2.05) is 6.92 Å². The summed E-state index contributed by atoms with van der Waals surface area (Å²) in [6.45, 7) is 2.13. The number of carbonyl (C=O) groups is 2. The minimum atomic E-state index is -0.312. The summed E-state index contributed by atoms with van der Waals surface area (Å²) >= 11 is 17.7. The van der Waals surface area contributed by atoms with Crippen LogP contribution in [0.5, 0.6) is 5.75 Å². The number of carbonyl (C=O) groups excluding carboxylic acids is 2. The molecule has 0 heterocycles. The van der Waals surface area contributed by atoms with Gasteiger partial charge in [0.15, 0.2) is 6.61 Å². The monoisotopic (exact) mass is 366 g/mol. The molecule has 0 aliphatic heterocycles. The first-order valence-electron chi connectivity index (χ1n) is 6.64. The highest BCUT2D eigenvalue weighted by Gasteiger charge is 2.17. The van der Waals surface area contributed by atoms with Gasteiger partial charge in [0, 0.05) is 19.7 Å². The summed E-state index contributed by atoms with van der Waals surface area (Å²) < 4.78 is 5.38. The minimum Gasteiger partial charge on any atom is -0.482 e. The van der Waals surface area contributed by atoms with Gasteiger partial charge >= 0.3 is 0 Å². The van der Waals surface area contributed by atoms with Crippen molar-refractivity contribution in [2.24, 2.45) is 0 Å². The average Bonchev–Trinajstić information content (AvgIpc) is 2.48. The van der Waals surface area contributed by atoms with Crippen molar-refractivity contribution in [3.63, 3.8) is 0 Å². The van der Waals surface area contributed by atoms with Crippen molar-refractivity contribution in [1.29, 1.82) is 0 Å². The van der Waals surface area contributed by atoms with Gasteiger partial charge in [-0.05, 0) is 12.5 Å². The molecule has 8 heteroatoms. The van der Waals surface area contributed by atoms with Crippen LogP contribution in [0.1, 0.15) is 13.3 Å². The highest BCUT2D eigenvalue weighted by atomic mass is 35.5. The maximum absolute atomic E-state index is 12.1. The van der Waals surface area contributed by atoms with Gasteiger partial charge in [-0.1, -0.05) is 41.7 Å². The Hall–Kier alpha value is -1.17. The predicted molar refractivity (Wildman–Crippen MR) is 87.9 cm³/mol. The molecule has 0 bridgehead atoms. The maximum Gasteiger partial charge on any atom is 0.260 e. The highest BCUT2D eigenvalue weighted by Crippen LogP contribution is 2.33. The third-order valence-corrected chi connectivity index (χ3v) is 3.80. The number of amides is 2. The fourth-order valence-corrected chi connectivity index (χ4v) is 2.25. The molecule has 1 rings (SSSR count). The van der Waals surface area contributed by atoms with Crippen molar-refractivity contribution in [3.8, 4) is 5.75 Å². The molecule has 0 aromatic heterocycles. The van der Waals surface area contributed by atoms with E-state index in [4.69, 9.17) is 39.5 Å². The van der Waals surface area contributed by atoms with Gasteiger partial charge in [-0.3, -0.25) is 9.59 Å². The number of hydrogen-bond donors (Lipinski definition) is 1. The summed E-state index contributed by atoms with van der Waals surface area (Å²) in [4.78, 5) is 25.0. The van der Waals surface area contributed by atoms with Crippen LogP contribution in [0.2, 0.25) is 15.1 Å². The van der Waals surface area contributed by atoms with Crippen molar-refractivity contribution < 1.29 is 14.3 Å². The summed E-state index contributed by atoms with van der Waals surface area (Å²) in [6.07, 6.45) is 0.732. The van der Waals surface area contributed by atoms with Crippen molar-refractivity contribution in [2.45, 2.75) is 13.3 Å². The van der Waals surface area contributed by atoms with E-state index in [1.54, 1.807) is 0 Å². The summed E-state index contributed by atoms with van der Waals surface area (Å²) in [5.74, 6) is -0.289. The lowest BCUT2D eigenvalue weighted by molar-refractivity contribution is -0.137. The van der Waals surface area contributed by atoms with E-state index < -0.39 is 0 Å². The third-order valence-electron chi connectivity index (χ3n) is 2.79. The van der Waals surface area contributed by atoms with Crippen LogP contribution in [0.25, 0.3) is 0 Å². The lowest BCUT2D eigenvalue weighted by Crippen LogP contribution is -2.42. The molecule has 1 aromatic rings. The number of nitrogens with zero attached hydrogens (tertiary/aromatic N) is 1. The molecule has 1 N–H and O–H groups in total. The van der Waals surface area contributed by atoms with Crippen LogP contribution < -0.4 is 10.1 Å². The zero-order valence-corrected chi connectivity index (χ0v) is 14.6. The van der Waals surface area contributed by atoms with E-state index in [-0.39, 0.29) is 40.8 Å². The van der Waals surface area contributed by atoms with Crippen molar-refractivity contribution in [2.75, 3.05) is 26.7 Å². The lowest BCUT2D eigenvalue weighted by Gasteiger charge is -2.21. The molecule has 0 radical (unpaired) electrons. The Kier molecular flexibility index (Phi) is 7.79. The molecule has 0 saturated carbocycles. The fourth-order valence-electron chi connectivity index (χ4n) is 1.66. The predicted octanol–water partition coefficient (Wildman–Crippen LogP) is 3.01. The second-order valence-electron chi connectivity index (χ2n) is 4.47. The molecule has 0 fully saturated rings. The Morgan fingerprint density at radius 3 is 2.41 bits per heavy atom. The Labute approximate surface area is 144 Å². The SMILES string of the molecule is CCCN(CC(=O)NC)C(=O)COc1cc(Cl)c(Cl)cc1Cl. The number of hydrogen-bond acceptors (Lipinski definition) is 3. The molecule has 122 valence electrons. The molecule has 2 amide bonds. The van der Waals surface area contributed by atoms with Crippen LogP contribution in [0.3, 0.4) is 0 Å². The topological polar surface area (TPSA) is 58.6 Å². The first-order valence-corrected chi connectivity index (χ1v) is 7.78. The summed E-state index contributed by atoms with van der Waals surface area (Å²) in [6, 6.07) is 2.89. The number of nitrogens with one attached hydrogen (secondary N) is 1. The largest absolute Gasteiger partial charge is 0.482 e. The summed E-state index contributed by atoms with van der Waals surface area (Å²) in [7, 11) is 1.52. The van der Waals surface area contributed by atoms with Gasteiger partial charge in [-0.25, -0.2) is 0 Å². The van der Waals surface area contributed by atoms with Gasteiger partial charge in [-0.2, -0.15) is 0 Å². The quantitative estimate of drug-likeness (QED) is 0.754. The van der Waals surface area contributed by atoms with E-state index in [0.717, 1.165) is 6.42 Å². The number of benzene rings is 1. The molecule has 0 unspecified atom stereocenters. The third kappa shape index (κ3) is 5.55. The second kappa shape index (κ2) is 9.08. The normalized spacial score (nSPS) is 10.2. The molecule has 22 heavy (non-hydrogen) atoms. The van der Waals surface area contributed by atoms with E-state index in [2.05, 4.69) is 5.32 Å². The first-order chi connectivity index (χ1) is 10.4. The van der Waals surface area contributed by atoms with Crippen LogP contribution in [0.4, 0.5) is 0 Å². The van der Waals surface area contributed by atoms with Gasteiger partial charge in [-0.15, -0.1) is 0 Å². The smallest absolute Gasteiger partial charge is 0.260 e. The van der Waals surface area contributed by atoms with Crippen LogP contribution >= 0.6 is 34.8 Å². The Bertz CT molecular complexity index is 552.